The van der Waals surface area contributed by atoms with E-state index in [0.717, 1.165) is 25.1 Å². The van der Waals surface area contributed by atoms with Gasteiger partial charge in [-0.15, -0.1) is 0 Å². The van der Waals surface area contributed by atoms with Gasteiger partial charge in [-0.3, -0.25) is 14.5 Å². The highest BCUT2D eigenvalue weighted by molar-refractivity contribution is 5.77. The second kappa shape index (κ2) is 7.03. The standard InChI is InChI=1S/C18H23N5O3/c24-17(10-18(25)4-1-5-18)22-12-14-2-6-21-23(14)9-3-15(22)13-26-16-11-19-7-8-20-16/h2,6-8,11,15,25H,1,3-5,9-10,12-13H2/t15-/m0/s1. The SMILES string of the molecule is O=C(CC1(O)CCC1)N1Cc2ccnn2CC[C@H]1COc1cnccn1. The van der Waals surface area contributed by atoms with Crippen molar-refractivity contribution in [3.63, 3.8) is 0 Å². The summed E-state index contributed by atoms with van der Waals surface area (Å²) < 4.78 is 7.70. The van der Waals surface area contributed by atoms with Crippen LogP contribution in [0.25, 0.3) is 0 Å². The molecule has 1 N–H and O–H groups in total. The van der Waals surface area contributed by atoms with Crippen molar-refractivity contribution in [3.05, 3.63) is 36.5 Å². The third kappa shape index (κ3) is 3.55. The summed E-state index contributed by atoms with van der Waals surface area (Å²) in [6, 6.07) is 1.83. The molecule has 0 saturated heterocycles. The highest BCUT2D eigenvalue weighted by Gasteiger charge is 2.39. The van der Waals surface area contributed by atoms with Gasteiger partial charge in [0, 0.05) is 25.1 Å². The highest BCUT2D eigenvalue weighted by Crippen LogP contribution is 2.35. The lowest BCUT2D eigenvalue weighted by atomic mass is 9.77. The summed E-state index contributed by atoms with van der Waals surface area (Å²) in [4.78, 5) is 22.9. The first-order valence-corrected chi connectivity index (χ1v) is 9.04. The van der Waals surface area contributed by atoms with E-state index in [1.807, 2.05) is 15.6 Å². The molecule has 0 bridgehead atoms. The lowest BCUT2D eigenvalue weighted by molar-refractivity contribution is -0.144. The largest absolute Gasteiger partial charge is 0.474 e. The second-order valence-corrected chi connectivity index (χ2v) is 7.12. The van der Waals surface area contributed by atoms with Crippen molar-refractivity contribution in [1.82, 2.24) is 24.6 Å². The van der Waals surface area contributed by atoms with Crippen LogP contribution in [-0.2, 0) is 17.9 Å². The van der Waals surface area contributed by atoms with Crippen LogP contribution in [0.2, 0.25) is 0 Å². The zero-order chi connectivity index (χ0) is 18.0. The fraction of sp³-hybridized carbons (Fsp3) is 0.556. The van der Waals surface area contributed by atoms with E-state index in [2.05, 4.69) is 15.1 Å². The maximum Gasteiger partial charge on any atom is 0.232 e. The summed E-state index contributed by atoms with van der Waals surface area (Å²) in [6.07, 6.45) is 9.77. The van der Waals surface area contributed by atoms with Crippen molar-refractivity contribution < 1.29 is 14.6 Å². The zero-order valence-corrected chi connectivity index (χ0v) is 14.6. The molecule has 8 nitrogen and oxygen atoms in total. The first-order valence-electron chi connectivity index (χ1n) is 9.04. The number of carbonyl (C=O) groups excluding carboxylic acids is 1. The van der Waals surface area contributed by atoms with Gasteiger partial charge in [0.15, 0.2) is 0 Å². The number of amides is 1. The molecule has 0 unspecified atom stereocenters. The predicted octanol–water partition coefficient (Wildman–Crippen LogP) is 1.16. The number of rotatable bonds is 5. The van der Waals surface area contributed by atoms with Crippen LogP contribution in [-0.4, -0.2) is 53.9 Å². The third-order valence-electron chi connectivity index (χ3n) is 5.30. The van der Waals surface area contributed by atoms with Gasteiger partial charge < -0.3 is 14.7 Å². The van der Waals surface area contributed by atoms with Gasteiger partial charge in [0.1, 0.15) is 6.61 Å². The van der Waals surface area contributed by atoms with Crippen molar-refractivity contribution >= 4 is 5.91 Å². The predicted molar refractivity (Wildman–Crippen MR) is 92.1 cm³/mol. The van der Waals surface area contributed by atoms with Crippen LogP contribution < -0.4 is 4.74 Å². The number of hydrogen-bond acceptors (Lipinski definition) is 6. The van der Waals surface area contributed by atoms with Gasteiger partial charge in [0.2, 0.25) is 11.8 Å². The van der Waals surface area contributed by atoms with E-state index in [1.54, 1.807) is 24.8 Å². The number of hydrogen-bond donors (Lipinski definition) is 1. The van der Waals surface area contributed by atoms with E-state index < -0.39 is 5.60 Å². The van der Waals surface area contributed by atoms with Crippen molar-refractivity contribution in [1.29, 1.82) is 0 Å². The molecule has 4 rings (SSSR count). The van der Waals surface area contributed by atoms with Crippen LogP contribution in [0.3, 0.4) is 0 Å². The van der Waals surface area contributed by atoms with E-state index in [4.69, 9.17) is 4.74 Å². The molecule has 3 heterocycles. The van der Waals surface area contributed by atoms with Crippen LogP contribution >= 0.6 is 0 Å². The van der Waals surface area contributed by atoms with E-state index in [1.165, 1.54) is 0 Å². The topological polar surface area (TPSA) is 93.4 Å². The Morgan fingerprint density at radius 2 is 2.23 bits per heavy atom. The Morgan fingerprint density at radius 1 is 1.35 bits per heavy atom. The Hall–Kier alpha value is -2.48. The third-order valence-corrected chi connectivity index (χ3v) is 5.30. The van der Waals surface area contributed by atoms with Gasteiger partial charge in [-0.05, 0) is 31.7 Å². The van der Waals surface area contributed by atoms with Gasteiger partial charge in [-0.2, -0.15) is 5.10 Å². The molecule has 26 heavy (non-hydrogen) atoms. The van der Waals surface area contributed by atoms with Gasteiger partial charge in [0.05, 0.1) is 36.5 Å². The Bertz CT molecular complexity index is 759. The molecule has 1 amide bonds. The molecule has 2 aliphatic rings. The Morgan fingerprint density at radius 3 is 2.96 bits per heavy atom. The smallest absolute Gasteiger partial charge is 0.232 e. The average molecular weight is 357 g/mol. The Labute approximate surface area is 151 Å². The van der Waals surface area contributed by atoms with Crippen molar-refractivity contribution in [2.75, 3.05) is 6.61 Å². The molecule has 0 aromatic carbocycles. The lowest BCUT2D eigenvalue weighted by Crippen LogP contribution is -2.48. The number of ether oxygens (including phenoxy) is 1. The molecule has 138 valence electrons. The molecule has 1 aliphatic heterocycles. The fourth-order valence-corrected chi connectivity index (χ4v) is 3.58. The summed E-state index contributed by atoms with van der Waals surface area (Å²) in [5.41, 5.74) is 0.167. The van der Waals surface area contributed by atoms with Gasteiger partial charge >= 0.3 is 0 Å². The first kappa shape index (κ1) is 17.0. The lowest BCUT2D eigenvalue weighted by Gasteiger charge is -2.38. The Balaban J connectivity index is 1.49. The molecule has 2 aromatic rings. The van der Waals surface area contributed by atoms with E-state index in [-0.39, 0.29) is 18.4 Å². The van der Waals surface area contributed by atoms with Gasteiger partial charge in [-0.25, -0.2) is 4.98 Å². The zero-order valence-electron chi connectivity index (χ0n) is 14.6. The Kier molecular flexibility index (Phi) is 4.58. The molecule has 1 atom stereocenters. The van der Waals surface area contributed by atoms with Crippen molar-refractivity contribution in [2.45, 2.75) is 56.8 Å². The van der Waals surface area contributed by atoms with E-state index >= 15 is 0 Å². The molecule has 0 spiro atoms. The van der Waals surface area contributed by atoms with Crippen LogP contribution in [0.5, 0.6) is 5.88 Å². The quantitative estimate of drug-likeness (QED) is 0.863. The number of aromatic nitrogens is 4. The summed E-state index contributed by atoms with van der Waals surface area (Å²) >= 11 is 0. The van der Waals surface area contributed by atoms with Gasteiger partial charge in [0.25, 0.3) is 0 Å². The molecular formula is C18H23N5O3. The minimum atomic E-state index is -0.833. The van der Waals surface area contributed by atoms with Crippen LogP contribution in [0.4, 0.5) is 0 Å². The molecule has 0 radical (unpaired) electrons. The normalized spacial score (nSPS) is 21.4. The minimum Gasteiger partial charge on any atom is -0.474 e. The van der Waals surface area contributed by atoms with Gasteiger partial charge in [-0.1, -0.05) is 0 Å². The summed E-state index contributed by atoms with van der Waals surface area (Å²) in [5, 5.41) is 14.7. The highest BCUT2D eigenvalue weighted by atomic mass is 16.5. The summed E-state index contributed by atoms with van der Waals surface area (Å²) in [6.45, 7) is 1.54. The number of nitrogens with zero attached hydrogens (tertiary/aromatic N) is 5. The second-order valence-electron chi connectivity index (χ2n) is 7.12. The monoisotopic (exact) mass is 357 g/mol. The summed E-state index contributed by atoms with van der Waals surface area (Å²) in [7, 11) is 0. The van der Waals surface area contributed by atoms with Crippen LogP contribution in [0, 0.1) is 0 Å². The number of carbonyl (C=O) groups is 1. The fourth-order valence-electron chi connectivity index (χ4n) is 3.58. The first-order chi connectivity index (χ1) is 12.6. The molecular weight excluding hydrogens is 334 g/mol. The van der Waals surface area contributed by atoms with E-state index in [0.29, 0.717) is 31.9 Å². The molecule has 1 saturated carbocycles. The van der Waals surface area contributed by atoms with Crippen molar-refractivity contribution in [2.24, 2.45) is 0 Å². The summed E-state index contributed by atoms with van der Waals surface area (Å²) in [5.74, 6) is 0.411. The van der Waals surface area contributed by atoms with Crippen molar-refractivity contribution in [3.8, 4) is 5.88 Å². The van der Waals surface area contributed by atoms with Crippen LogP contribution in [0.1, 0.15) is 37.8 Å². The van der Waals surface area contributed by atoms with E-state index in [9.17, 15) is 9.90 Å². The molecule has 2 aromatic heterocycles. The number of aryl methyl sites for hydroxylation is 1. The average Bonchev–Trinajstić information content (AvgIpc) is 2.99. The molecule has 8 heteroatoms. The maximum absolute atomic E-state index is 13.0. The number of fused-ring (bicyclic) bond motifs is 1. The number of aliphatic hydroxyl groups is 1. The maximum atomic E-state index is 13.0. The molecule has 1 aliphatic carbocycles. The van der Waals surface area contributed by atoms with Crippen LogP contribution in [0.15, 0.2) is 30.9 Å². The molecule has 1 fully saturated rings. The minimum absolute atomic E-state index is 0.0328.